The van der Waals surface area contributed by atoms with E-state index < -0.39 is 0 Å². The van der Waals surface area contributed by atoms with E-state index in [1.54, 1.807) is 0 Å². The van der Waals surface area contributed by atoms with E-state index in [0.717, 1.165) is 11.2 Å². The van der Waals surface area contributed by atoms with Crippen LogP contribution >= 0.6 is 15.9 Å². The minimum Gasteiger partial charge on any atom is -0.371 e. The van der Waals surface area contributed by atoms with Crippen LogP contribution in [0, 0.1) is 12.8 Å². The molecule has 0 saturated carbocycles. The zero-order chi connectivity index (χ0) is 12.3. The van der Waals surface area contributed by atoms with Gasteiger partial charge in [0.25, 0.3) is 0 Å². The van der Waals surface area contributed by atoms with Gasteiger partial charge in [0.2, 0.25) is 0 Å². The second-order valence-electron chi connectivity index (χ2n) is 5.14. The summed E-state index contributed by atoms with van der Waals surface area (Å²) in [5.74, 6) is 0.912. The van der Waals surface area contributed by atoms with Crippen LogP contribution in [0.5, 0.6) is 0 Å². The number of nitrogens with zero attached hydrogens (tertiary/aromatic N) is 1. The Morgan fingerprint density at radius 1 is 1.41 bits per heavy atom. The fourth-order valence-corrected chi connectivity index (χ4v) is 3.20. The molecule has 0 aliphatic carbocycles. The fraction of sp³-hybridized carbons (Fsp3) is 0.600. The molecule has 0 N–H and O–H groups in total. The van der Waals surface area contributed by atoms with Gasteiger partial charge in [-0.05, 0) is 42.9 Å². The molecule has 0 bridgehead atoms. The summed E-state index contributed by atoms with van der Waals surface area (Å²) in [4.78, 5) is 2.56. The van der Waals surface area contributed by atoms with Gasteiger partial charge >= 0.3 is 0 Å². The highest BCUT2D eigenvalue weighted by molar-refractivity contribution is 9.08. The second-order valence-corrected chi connectivity index (χ2v) is 5.70. The molecule has 1 unspecified atom stereocenters. The minimum absolute atomic E-state index is 0.912. The smallest absolute Gasteiger partial charge is 0.0396 e. The van der Waals surface area contributed by atoms with Crippen molar-refractivity contribution in [1.82, 2.24) is 0 Å². The lowest BCUT2D eigenvalue weighted by Gasteiger charge is -2.21. The average Bonchev–Trinajstić information content (AvgIpc) is 2.78. The molecule has 1 nitrogen and oxygen atoms in total. The molecule has 17 heavy (non-hydrogen) atoms. The van der Waals surface area contributed by atoms with E-state index in [1.165, 1.54) is 49.2 Å². The van der Waals surface area contributed by atoms with E-state index in [-0.39, 0.29) is 0 Å². The van der Waals surface area contributed by atoms with Gasteiger partial charge in [0.05, 0.1) is 0 Å². The number of aryl methyl sites for hydroxylation is 1. The van der Waals surface area contributed by atoms with Crippen LogP contribution in [-0.2, 0) is 5.33 Å². The van der Waals surface area contributed by atoms with Crippen molar-refractivity contribution in [2.24, 2.45) is 5.92 Å². The summed E-state index contributed by atoms with van der Waals surface area (Å²) in [7, 11) is 0. The van der Waals surface area contributed by atoms with Gasteiger partial charge < -0.3 is 4.90 Å². The van der Waals surface area contributed by atoms with Gasteiger partial charge in [0.15, 0.2) is 0 Å². The van der Waals surface area contributed by atoms with Gasteiger partial charge in [-0.1, -0.05) is 41.4 Å². The molecule has 1 aliphatic heterocycles. The van der Waals surface area contributed by atoms with Gasteiger partial charge in [0, 0.05) is 24.1 Å². The summed E-state index contributed by atoms with van der Waals surface area (Å²) in [6.07, 6.45) is 4.07. The monoisotopic (exact) mass is 295 g/mol. The lowest BCUT2D eigenvalue weighted by atomic mass is 10.0. The first-order chi connectivity index (χ1) is 8.24. The Bertz CT molecular complexity index is 375. The Labute approximate surface area is 113 Å². The van der Waals surface area contributed by atoms with Crippen LogP contribution in [0.15, 0.2) is 18.2 Å². The van der Waals surface area contributed by atoms with E-state index in [0.29, 0.717) is 0 Å². The predicted molar refractivity (Wildman–Crippen MR) is 79.0 cm³/mol. The van der Waals surface area contributed by atoms with Gasteiger partial charge in [-0.15, -0.1) is 0 Å². The third-order valence-electron chi connectivity index (χ3n) is 3.74. The quantitative estimate of drug-likeness (QED) is 0.739. The Balaban J connectivity index is 2.08. The van der Waals surface area contributed by atoms with Crippen molar-refractivity contribution in [2.45, 2.75) is 38.4 Å². The molecular formula is C15H22BrN. The van der Waals surface area contributed by atoms with Crippen molar-refractivity contribution in [3.05, 3.63) is 29.3 Å². The van der Waals surface area contributed by atoms with E-state index in [9.17, 15) is 0 Å². The predicted octanol–water partition coefficient (Wildman–Crippen LogP) is 4.52. The topological polar surface area (TPSA) is 3.24 Å². The molecule has 1 aromatic rings. The van der Waals surface area contributed by atoms with Crippen LogP contribution in [0.4, 0.5) is 5.69 Å². The summed E-state index contributed by atoms with van der Waals surface area (Å²) < 4.78 is 0. The molecule has 1 aromatic carbocycles. The summed E-state index contributed by atoms with van der Waals surface area (Å²) in [6.45, 7) is 7.01. The molecule has 1 atom stereocenters. The third kappa shape index (κ3) is 3.04. The number of hydrogen-bond acceptors (Lipinski definition) is 1. The van der Waals surface area contributed by atoms with Crippen LogP contribution in [0.1, 0.15) is 37.3 Å². The number of alkyl halides is 1. The third-order valence-corrected chi connectivity index (χ3v) is 4.39. The summed E-state index contributed by atoms with van der Waals surface area (Å²) in [6, 6.07) is 6.84. The first-order valence-electron chi connectivity index (χ1n) is 6.65. The molecule has 94 valence electrons. The molecule has 0 aromatic heterocycles. The zero-order valence-electron chi connectivity index (χ0n) is 10.9. The summed E-state index contributed by atoms with van der Waals surface area (Å²) in [5.41, 5.74) is 4.22. The van der Waals surface area contributed by atoms with E-state index in [4.69, 9.17) is 0 Å². The van der Waals surface area contributed by atoms with E-state index in [1.807, 2.05) is 0 Å². The standard InChI is InChI=1S/C15H22BrN/c1-3-4-13-7-8-17(11-13)15-6-5-14(10-16)9-12(15)2/h5-6,9,13H,3-4,7-8,10-11H2,1-2H3. The van der Waals surface area contributed by atoms with Crippen molar-refractivity contribution in [1.29, 1.82) is 0 Å². The molecule has 0 radical (unpaired) electrons. The zero-order valence-corrected chi connectivity index (χ0v) is 12.5. The number of anilines is 1. The molecule has 2 rings (SSSR count). The number of rotatable bonds is 4. The second kappa shape index (κ2) is 5.90. The highest BCUT2D eigenvalue weighted by Gasteiger charge is 2.22. The molecule has 1 fully saturated rings. The van der Waals surface area contributed by atoms with Crippen molar-refractivity contribution < 1.29 is 0 Å². The maximum absolute atomic E-state index is 3.52. The van der Waals surface area contributed by atoms with Gasteiger partial charge in [0.1, 0.15) is 0 Å². The molecule has 1 heterocycles. The Morgan fingerprint density at radius 2 is 2.24 bits per heavy atom. The first kappa shape index (κ1) is 12.9. The van der Waals surface area contributed by atoms with Crippen LogP contribution in [0.25, 0.3) is 0 Å². The van der Waals surface area contributed by atoms with Crippen LogP contribution < -0.4 is 4.90 Å². The van der Waals surface area contributed by atoms with E-state index in [2.05, 4.69) is 52.9 Å². The fourth-order valence-electron chi connectivity index (χ4n) is 2.85. The lowest BCUT2D eigenvalue weighted by molar-refractivity contribution is 0.530. The highest BCUT2D eigenvalue weighted by atomic mass is 79.9. The Hall–Kier alpha value is -0.500. The molecule has 0 amide bonds. The maximum atomic E-state index is 3.52. The minimum atomic E-state index is 0.912. The number of halogens is 1. The van der Waals surface area contributed by atoms with E-state index >= 15 is 0 Å². The number of benzene rings is 1. The van der Waals surface area contributed by atoms with Crippen molar-refractivity contribution in [3.8, 4) is 0 Å². The number of hydrogen-bond donors (Lipinski definition) is 0. The van der Waals surface area contributed by atoms with Gasteiger partial charge in [-0.25, -0.2) is 0 Å². The molecule has 1 saturated heterocycles. The maximum Gasteiger partial charge on any atom is 0.0396 e. The van der Waals surface area contributed by atoms with Gasteiger partial charge in [-0.3, -0.25) is 0 Å². The first-order valence-corrected chi connectivity index (χ1v) is 7.77. The average molecular weight is 296 g/mol. The van der Waals surface area contributed by atoms with Crippen molar-refractivity contribution >= 4 is 21.6 Å². The summed E-state index contributed by atoms with van der Waals surface area (Å²) in [5, 5.41) is 0.951. The molecular weight excluding hydrogens is 274 g/mol. The van der Waals surface area contributed by atoms with Crippen LogP contribution in [-0.4, -0.2) is 13.1 Å². The SMILES string of the molecule is CCCC1CCN(c2ccc(CBr)cc2C)C1. The van der Waals surface area contributed by atoms with Crippen LogP contribution in [0.2, 0.25) is 0 Å². The molecule has 0 spiro atoms. The molecule has 1 aliphatic rings. The lowest BCUT2D eigenvalue weighted by Crippen LogP contribution is -2.20. The highest BCUT2D eigenvalue weighted by Crippen LogP contribution is 2.29. The van der Waals surface area contributed by atoms with Crippen molar-refractivity contribution in [2.75, 3.05) is 18.0 Å². The Morgan fingerprint density at radius 3 is 2.88 bits per heavy atom. The van der Waals surface area contributed by atoms with Crippen LogP contribution in [0.3, 0.4) is 0 Å². The van der Waals surface area contributed by atoms with Crippen molar-refractivity contribution in [3.63, 3.8) is 0 Å². The Kier molecular flexibility index (Phi) is 4.49. The molecule has 2 heteroatoms. The summed E-state index contributed by atoms with van der Waals surface area (Å²) >= 11 is 3.52. The normalized spacial score (nSPS) is 19.9. The van der Waals surface area contributed by atoms with Gasteiger partial charge in [-0.2, -0.15) is 0 Å². The largest absolute Gasteiger partial charge is 0.371 e.